The standard InChI is InChI=1S/C26H28N10O4S/c1-4-35(5-2)14-19-22(36(34-30-19)24-23(27)32-40-33-24)25(37)31-28-13-16-10-11-20(38-3)17(12-16)15-41-26-29-18-8-6-7-9-21(18)39-26/h6-13H,4-5,14-15H2,1-3H3,(H2,27,32)(H,31,37)/b28-13+. The van der Waals surface area contributed by atoms with Crippen molar-refractivity contribution in [2.24, 2.45) is 5.10 Å². The molecule has 0 bridgehead atoms. The summed E-state index contributed by atoms with van der Waals surface area (Å²) in [5.74, 6) is 0.759. The van der Waals surface area contributed by atoms with Crippen molar-refractivity contribution in [3.8, 4) is 11.6 Å². The van der Waals surface area contributed by atoms with Crippen LogP contribution in [0, 0.1) is 0 Å². The van der Waals surface area contributed by atoms with Crippen LogP contribution >= 0.6 is 11.8 Å². The molecule has 3 heterocycles. The number of methoxy groups -OCH3 is 1. The number of rotatable bonds is 12. The van der Waals surface area contributed by atoms with Crippen LogP contribution < -0.4 is 15.9 Å². The summed E-state index contributed by atoms with van der Waals surface area (Å²) in [4.78, 5) is 19.9. The highest BCUT2D eigenvalue weighted by Crippen LogP contribution is 2.30. The molecule has 0 spiro atoms. The number of hydrogen-bond acceptors (Lipinski definition) is 13. The van der Waals surface area contributed by atoms with Gasteiger partial charge in [0.15, 0.2) is 11.3 Å². The molecular formula is C26H28N10O4S. The quantitative estimate of drug-likeness (QED) is 0.126. The minimum Gasteiger partial charge on any atom is -0.496 e. The molecule has 0 saturated carbocycles. The first kappa shape index (κ1) is 27.8. The summed E-state index contributed by atoms with van der Waals surface area (Å²) in [6.07, 6.45) is 1.54. The molecule has 15 heteroatoms. The van der Waals surface area contributed by atoms with Crippen molar-refractivity contribution in [1.82, 2.24) is 40.6 Å². The van der Waals surface area contributed by atoms with E-state index >= 15 is 0 Å². The van der Waals surface area contributed by atoms with Gasteiger partial charge in [0, 0.05) is 17.9 Å². The Balaban J connectivity index is 1.32. The molecule has 14 nitrogen and oxygen atoms in total. The van der Waals surface area contributed by atoms with Gasteiger partial charge in [-0.2, -0.15) is 9.78 Å². The van der Waals surface area contributed by atoms with Gasteiger partial charge in [-0.05, 0) is 59.3 Å². The summed E-state index contributed by atoms with van der Waals surface area (Å²) in [7, 11) is 1.61. The number of nitrogen functional groups attached to an aromatic ring is 1. The van der Waals surface area contributed by atoms with Crippen molar-refractivity contribution in [3.63, 3.8) is 0 Å². The van der Waals surface area contributed by atoms with E-state index in [4.69, 9.17) is 19.5 Å². The molecule has 0 radical (unpaired) electrons. The van der Waals surface area contributed by atoms with Gasteiger partial charge >= 0.3 is 0 Å². The van der Waals surface area contributed by atoms with E-state index in [0.29, 0.717) is 29.0 Å². The smallest absolute Gasteiger partial charge is 0.292 e. The minimum atomic E-state index is -0.545. The summed E-state index contributed by atoms with van der Waals surface area (Å²) in [5.41, 5.74) is 12.2. The first-order valence-electron chi connectivity index (χ1n) is 12.7. The predicted molar refractivity (Wildman–Crippen MR) is 152 cm³/mol. The number of nitrogens with one attached hydrogen (secondary N) is 1. The molecule has 3 N–H and O–H groups in total. The fraction of sp³-hybridized carbons (Fsp3) is 0.269. The van der Waals surface area contributed by atoms with Crippen LogP contribution in [0.2, 0.25) is 0 Å². The number of carbonyl (C=O) groups excluding carboxylic acids is 1. The van der Waals surface area contributed by atoms with Gasteiger partial charge in [0.25, 0.3) is 11.1 Å². The van der Waals surface area contributed by atoms with Gasteiger partial charge < -0.3 is 14.9 Å². The highest BCUT2D eigenvalue weighted by molar-refractivity contribution is 7.98. The third-order valence-corrected chi connectivity index (χ3v) is 7.11. The Labute approximate surface area is 238 Å². The highest BCUT2D eigenvalue weighted by atomic mass is 32.2. The van der Waals surface area contributed by atoms with E-state index in [1.165, 1.54) is 22.7 Å². The molecule has 0 unspecified atom stereocenters. The second-order valence-corrected chi connectivity index (χ2v) is 9.66. The minimum absolute atomic E-state index is 0.0247. The zero-order chi connectivity index (χ0) is 28.8. The third-order valence-electron chi connectivity index (χ3n) is 6.23. The number of thioether (sulfide) groups is 1. The lowest BCUT2D eigenvalue weighted by molar-refractivity contribution is 0.0945. The molecule has 5 rings (SSSR count). The molecule has 3 aromatic heterocycles. The average Bonchev–Trinajstić information content (AvgIpc) is 3.72. The van der Waals surface area contributed by atoms with E-state index in [-0.39, 0.29) is 17.3 Å². The number of hydrazone groups is 1. The second-order valence-electron chi connectivity index (χ2n) is 8.74. The van der Waals surface area contributed by atoms with Gasteiger partial charge in [0.1, 0.15) is 17.0 Å². The predicted octanol–water partition coefficient (Wildman–Crippen LogP) is 3.28. The van der Waals surface area contributed by atoms with E-state index in [1.807, 2.05) is 56.3 Å². The first-order valence-corrected chi connectivity index (χ1v) is 13.7. The lowest BCUT2D eigenvalue weighted by atomic mass is 10.1. The van der Waals surface area contributed by atoms with Crippen LogP contribution in [0.3, 0.4) is 0 Å². The topological polar surface area (TPSA) is 176 Å². The van der Waals surface area contributed by atoms with E-state index in [0.717, 1.165) is 35.3 Å². The van der Waals surface area contributed by atoms with Crippen molar-refractivity contribution in [3.05, 3.63) is 65.0 Å². The van der Waals surface area contributed by atoms with Crippen LogP contribution in [0.1, 0.15) is 41.2 Å². The Hall–Kier alpha value is -4.76. The van der Waals surface area contributed by atoms with E-state index < -0.39 is 5.91 Å². The van der Waals surface area contributed by atoms with Gasteiger partial charge in [-0.1, -0.05) is 43.0 Å². The van der Waals surface area contributed by atoms with Crippen LogP contribution in [-0.2, 0) is 12.3 Å². The number of fused-ring (bicyclic) bond motifs is 1. The average molecular weight is 577 g/mol. The number of anilines is 1. The number of benzene rings is 2. The normalized spacial score (nSPS) is 11.6. The van der Waals surface area contributed by atoms with E-state index in [9.17, 15) is 4.79 Å². The number of aromatic nitrogens is 6. The summed E-state index contributed by atoms with van der Waals surface area (Å²) < 4.78 is 17.2. The van der Waals surface area contributed by atoms with Crippen LogP contribution in [0.5, 0.6) is 5.75 Å². The first-order chi connectivity index (χ1) is 20.0. The molecule has 1 amide bonds. The van der Waals surface area contributed by atoms with Crippen LogP contribution in [0.15, 0.2) is 61.8 Å². The summed E-state index contributed by atoms with van der Waals surface area (Å²) >= 11 is 1.45. The van der Waals surface area contributed by atoms with E-state index in [2.05, 4.69) is 41.0 Å². The van der Waals surface area contributed by atoms with Crippen molar-refractivity contribution >= 4 is 40.8 Å². The second kappa shape index (κ2) is 12.6. The Morgan fingerprint density at radius 3 is 2.78 bits per heavy atom. The summed E-state index contributed by atoms with van der Waals surface area (Å²) in [6.45, 7) is 5.96. The largest absolute Gasteiger partial charge is 0.496 e. The SMILES string of the molecule is CCN(CC)Cc1nnn(-c2nonc2N)c1C(=O)N/N=C/c1ccc(OC)c(CSc2nc3ccccc3o2)c1. The number of oxazole rings is 1. The molecule has 0 atom stereocenters. The third kappa shape index (κ3) is 6.20. The highest BCUT2D eigenvalue weighted by Gasteiger charge is 2.25. The van der Waals surface area contributed by atoms with Crippen LogP contribution in [-0.4, -0.2) is 67.5 Å². The summed E-state index contributed by atoms with van der Waals surface area (Å²) in [6, 6.07) is 13.2. The van der Waals surface area contributed by atoms with Gasteiger partial charge in [-0.3, -0.25) is 9.69 Å². The Morgan fingerprint density at radius 1 is 1.22 bits per heavy atom. The van der Waals surface area contributed by atoms with Gasteiger partial charge in [-0.25, -0.2) is 15.0 Å². The van der Waals surface area contributed by atoms with Gasteiger partial charge in [0.2, 0.25) is 11.6 Å². The molecule has 0 saturated heterocycles. The fourth-order valence-electron chi connectivity index (χ4n) is 4.05. The van der Waals surface area contributed by atoms with Crippen molar-refractivity contribution in [2.75, 3.05) is 25.9 Å². The van der Waals surface area contributed by atoms with Gasteiger partial charge in [0.05, 0.1) is 13.3 Å². The van der Waals surface area contributed by atoms with Crippen molar-refractivity contribution in [2.45, 2.75) is 31.4 Å². The number of ether oxygens (including phenoxy) is 1. The zero-order valence-electron chi connectivity index (χ0n) is 22.6. The Kier molecular flexibility index (Phi) is 8.55. The van der Waals surface area contributed by atoms with E-state index in [1.54, 1.807) is 7.11 Å². The number of amides is 1. The van der Waals surface area contributed by atoms with Crippen molar-refractivity contribution in [1.29, 1.82) is 0 Å². The number of para-hydroxylation sites is 2. The Bertz CT molecular complexity index is 1640. The molecular weight excluding hydrogens is 548 g/mol. The molecule has 2 aromatic carbocycles. The molecule has 212 valence electrons. The monoisotopic (exact) mass is 576 g/mol. The lowest BCUT2D eigenvalue weighted by Crippen LogP contribution is -2.27. The zero-order valence-corrected chi connectivity index (χ0v) is 23.5. The number of nitrogens with zero attached hydrogens (tertiary/aromatic N) is 8. The molecule has 5 aromatic rings. The van der Waals surface area contributed by atoms with Gasteiger partial charge in [-0.15, -0.1) is 5.10 Å². The van der Waals surface area contributed by atoms with Crippen LogP contribution in [0.4, 0.5) is 5.82 Å². The summed E-state index contributed by atoms with van der Waals surface area (Å²) in [5, 5.41) is 20.3. The van der Waals surface area contributed by atoms with Crippen molar-refractivity contribution < 1.29 is 18.6 Å². The molecule has 0 aliphatic heterocycles. The molecule has 0 fully saturated rings. The molecule has 0 aliphatic rings. The maximum Gasteiger partial charge on any atom is 0.292 e. The fourth-order valence-corrected chi connectivity index (χ4v) is 4.87. The number of nitrogens with two attached hydrogens (primary N) is 1. The Morgan fingerprint density at radius 2 is 2.05 bits per heavy atom. The van der Waals surface area contributed by atoms with Crippen LogP contribution in [0.25, 0.3) is 16.9 Å². The number of carbonyl (C=O) groups is 1. The maximum absolute atomic E-state index is 13.3. The number of hydrogen-bond donors (Lipinski definition) is 2. The molecule has 41 heavy (non-hydrogen) atoms. The lowest BCUT2D eigenvalue weighted by Gasteiger charge is -2.16. The maximum atomic E-state index is 13.3. The molecule has 0 aliphatic carbocycles.